The second kappa shape index (κ2) is 12.1. The van der Waals surface area contributed by atoms with Crippen molar-refractivity contribution in [3.8, 4) is 0 Å². The van der Waals surface area contributed by atoms with Crippen molar-refractivity contribution in [3.63, 3.8) is 0 Å². The molecule has 0 radical (unpaired) electrons. The van der Waals surface area contributed by atoms with Crippen LogP contribution in [0.2, 0.25) is 5.02 Å². The Bertz CT molecular complexity index is 406. The average Bonchev–Trinajstić information content (AvgIpc) is 2.48. The molecule has 1 rings (SSSR count). The maximum Gasteiger partial charge on any atom is 0.143 e. The van der Waals surface area contributed by atoms with E-state index in [1.165, 1.54) is 44.9 Å². The molecule has 0 fully saturated rings. The molecule has 0 unspecified atom stereocenters. The summed E-state index contributed by atoms with van der Waals surface area (Å²) >= 11 is 7.51. The monoisotopic (exact) mass is 326 g/mol. The number of halogens is 1. The van der Waals surface area contributed by atoms with Gasteiger partial charge < -0.3 is 0 Å². The number of ketones is 1. The van der Waals surface area contributed by atoms with Crippen molar-refractivity contribution >= 4 is 29.1 Å². The standard InChI is InChI=1S/C18H27ClOS/c1-2-3-4-5-6-7-8-9-12-17(20)15-21-18-13-10-11-16(19)14-18/h10-11,13-14H,2-9,12,15H2,1H3. The van der Waals surface area contributed by atoms with Crippen LogP contribution in [0.1, 0.15) is 64.7 Å². The maximum atomic E-state index is 11.8. The van der Waals surface area contributed by atoms with E-state index in [4.69, 9.17) is 11.6 Å². The number of hydrogen-bond acceptors (Lipinski definition) is 2. The number of thioether (sulfide) groups is 1. The maximum absolute atomic E-state index is 11.8. The molecule has 0 atom stereocenters. The topological polar surface area (TPSA) is 17.1 Å². The van der Waals surface area contributed by atoms with Gasteiger partial charge in [0.1, 0.15) is 5.78 Å². The van der Waals surface area contributed by atoms with Crippen LogP contribution in [-0.4, -0.2) is 11.5 Å². The molecule has 0 saturated heterocycles. The molecule has 0 spiro atoms. The summed E-state index contributed by atoms with van der Waals surface area (Å²) in [5.74, 6) is 0.919. The summed E-state index contributed by atoms with van der Waals surface area (Å²) in [4.78, 5) is 12.9. The van der Waals surface area contributed by atoms with Crippen molar-refractivity contribution < 1.29 is 4.79 Å². The predicted octanol–water partition coefficient (Wildman–Crippen LogP) is 6.53. The first-order valence-electron chi connectivity index (χ1n) is 8.12. The van der Waals surface area contributed by atoms with Crippen LogP contribution in [0.15, 0.2) is 29.2 Å². The Morgan fingerprint density at radius 1 is 1.05 bits per heavy atom. The molecule has 21 heavy (non-hydrogen) atoms. The van der Waals surface area contributed by atoms with Crippen LogP contribution < -0.4 is 0 Å². The third-order valence-electron chi connectivity index (χ3n) is 3.51. The van der Waals surface area contributed by atoms with Gasteiger partial charge in [0.25, 0.3) is 0 Å². The number of rotatable bonds is 12. The average molecular weight is 327 g/mol. The zero-order valence-electron chi connectivity index (χ0n) is 13.1. The van der Waals surface area contributed by atoms with Crippen molar-refractivity contribution in [2.24, 2.45) is 0 Å². The van der Waals surface area contributed by atoms with E-state index in [-0.39, 0.29) is 0 Å². The van der Waals surface area contributed by atoms with Crippen molar-refractivity contribution in [3.05, 3.63) is 29.3 Å². The minimum Gasteiger partial charge on any atom is -0.299 e. The molecule has 0 aliphatic carbocycles. The van der Waals surface area contributed by atoms with Gasteiger partial charge in [0.15, 0.2) is 0 Å². The molecule has 3 heteroatoms. The van der Waals surface area contributed by atoms with Crippen LogP contribution in [0.25, 0.3) is 0 Å². The first kappa shape index (κ1) is 18.6. The van der Waals surface area contributed by atoms with Crippen LogP contribution in [0.4, 0.5) is 0 Å². The van der Waals surface area contributed by atoms with E-state index >= 15 is 0 Å². The number of hydrogen-bond donors (Lipinski definition) is 0. The van der Waals surface area contributed by atoms with E-state index in [1.54, 1.807) is 11.8 Å². The van der Waals surface area contributed by atoms with Gasteiger partial charge in [-0.15, -0.1) is 11.8 Å². The van der Waals surface area contributed by atoms with E-state index < -0.39 is 0 Å². The molecule has 1 aromatic carbocycles. The lowest BCUT2D eigenvalue weighted by Crippen LogP contribution is -2.00. The van der Waals surface area contributed by atoms with Gasteiger partial charge in [-0.3, -0.25) is 4.79 Å². The summed E-state index contributed by atoms with van der Waals surface area (Å²) in [6, 6.07) is 7.69. The Balaban J connectivity index is 1.99. The summed E-state index contributed by atoms with van der Waals surface area (Å²) < 4.78 is 0. The Morgan fingerprint density at radius 3 is 2.38 bits per heavy atom. The highest BCUT2D eigenvalue weighted by atomic mass is 35.5. The summed E-state index contributed by atoms with van der Waals surface area (Å²) in [5.41, 5.74) is 0. The second-order valence-electron chi connectivity index (χ2n) is 5.51. The molecule has 0 heterocycles. The van der Waals surface area contributed by atoms with Crippen LogP contribution >= 0.6 is 23.4 Å². The highest BCUT2D eigenvalue weighted by molar-refractivity contribution is 8.00. The van der Waals surface area contributed by atoms with Crippen molar-refractivity contribution in [2.75, 3.05) is 5.75 Å². The van der Waals surface area contributed by atoms with E-state index in [0.29, 0.717) is 11.5 Å². The van der Waals surface area contributed by atoms with Gasteiger partial charge in [0.2, 0.25) is 0 Å². The smallest absolute Gasteiger partial charge is 0.143 e. The van der Waals surface area contributed by atoms with Crippen LogP contribution in [-0.2, 0) is 4.79 Å². The highest BCUT2D eigenvalue weighted by Gasteiger charge is 2.03. The molecule has 0 bridgehead atoms. The van der Waals surface area contributed by atoms with E-state index in [0.717, 1.165) is 22.8 Å². The molecule has 0 aliphatic heterocycles. The summed E-state index contributed by atoms with van der Waals surface area (Å²) in [6.07, 6.45) is 10.9. The molecule has 0 aromatic heterocycles. The largest absolute Gasteiger partial charge is 0.299 e. The number of unbranched alkanes of at least 4 members (excludes halogenated alkanes) is 7. The SMILES string of the molecule is CCCCCCCCCCC(=O)CSc1cccc(Cl)c1. The van der Waals surface area contributed by atoms with Gasteiger partial charge in [0.05, 0.1) is 5.75 Å². The number of carbonyl (C=O) groups is 1. The van der Waals surface area contributed by atoms with Crippen LogP contribution in [0.3, 0.4) is 0 Å². The fourth-order valence-electron chi connectivity index (χ4n) is 2.25. The third kappa shape index (κ3) is 9.97. The van der Waals surface area contributed by atoms with Gasteiger partial charge in [-0.25, -0.2) is 0 Å². The molecule has 0 saturated carbocycles. The summed E-state index contributed by atoms with van der Waals surface area (Å²) in [5, 5.41) is 0.732. The number of Topliss-reactive ketones (excluding diaryl/α,β-unsaturated/α-hetero) is 1. The van der Waals surface area contributed by atoms with Gasteiger partial charge in [-0.2, -0.15) is 0 Å². The second-order valence-corrected chi connectivity index (χ2v) is 6.99. The van der Waals surface area contributed by atoms with E-state index in [9.17, 15) is 4.79 Å². The molecule has 1 nitrogen and oxygen atoms in total. The first-order valence-corrected chi connectivity index (χ1v) is 9.49. The molecule has 1 aromatic rings. The minimum atomic E-state index is 0.353. The summed E-state index contributed by atoms with van der Waals surface area (Å²) in [7, 11) is 0. The van der Waals surface area contributed by atoms with E-state index in [1.807, 2.05) is 24.3 Å². The lowest BCUT2D eigenvalue weighted by atomic mass is 10.1. The molecular formula is C18H27ClOS. The molecular weight excluding hydrogens is 300 g/mol. The normalized spacial score (nSPS) is 10.8. The van der Waals surface area contributed by atoms with Gasteiger partial charge in [-0.05, 0) is 24.6 Å². The molecule has 118 valence electrons. The Hall–Kier alpha value is -0.470. The quantitative estimate of drug-likeness (QED) is 0.321. The zero-order valence-corrected chi connectivity index (χ0v) is 14.6. The summed E-state index contributed by atoms with van der Waals surface area (Å²) in [6.45, 7) is 2.24. The predicted molar refractivity (Wildman–Crippen MR) is 94.4 cm³/mol. The number of carbonyl (C=O) groups excluding carboxylic acids is 1. The highest BCUT2D eigenvalue weighted by Crippen LogP contribution is 2.22. The van der Waals surface area contributed by atoms with E-state index in [2.05, 4.69) is 6.92 Å². The lowest BCUT2D eigenvalue weighted by molar-refractivity contribution is -0.116. The Kier molecular flexibility index (Phi) is 10.7. The minimum absolute atomic E-state index is 0.353. The van der Waals surface area contributed by atoms with Gasteiger partial charge in [-0.1, -0.05) is 69.5 Å². The Morgan fingerprint density at radius 2 is 1.71 bits per heavy atom. The van der Waals surface area contributed by atoms with Crippen molar-refractivity contribution in [1.82, 2.24) is 0 Å². The van der Waals surface area contributed by atoms with Crippen LogP contribution in [0.5, 0.6) is 0 Å². The Labute approximate surface area is 138 Å². The van der Waals surface area contributed by atoms with Crippen molar-refractivity contribution in [2.45, 2.75) is 69.6 Å². The first-order chi connectivity index (χ1) is 10.2. The fourth-order valence-corrected chi connectivity index (χ4v) is 3.36. The van der Waals surface area contributed by atoms with Crippen LogP contribution in [0, 0.1) is 0 Å². The third-order valence-corrected chi connectivity index (χ3v) is 4.79. The zero-order chi connectivity index (χ0) is 15.3. The molecule has 0 aliphatic rings. The van der Waals surface area contributed by atoms with Crippen molar-refractivity contribution in [1.29, 1.82) is 0 Å². The van der Waals surface area contributed by atoms with Gasteiger partial charge in [0, 0.05) is 16.3 Å². The molecule has 0 N–H and O–H groups in total. The lowest BCUT2D eigenvalue weighted by Gasteiger charge is -2.03. The number of benzene rings is 1. The molecule has 0 amide bonds. The fraction of sp³-hybridized carbons (Fsp3) is 0.611. The van der Waals surface area contributed by atoms with Gasteiger partial charge >= 0.3 is 0 Å².